The number of nitrogens with one attached hydrogen (secondary N) is 1. The SMILES string of the molecule is Cc1c(Cl)cccc1S(=O)(=O)N1CCC[C@H](c2nnc(C(=O)Nc3ccc(F)cc3)s2)C1. The minimum atomic E-state index is -3.71. The van der Waals surface area contributed by atoms with E-state index >= 15 is 0 Å². The maximum absolute atomic E-state index is 13.2. The van der Waals surface area contributed by atoms with Crippen molar-refractivity contribution in [2.45, 2.75) is 30.6 Å². The molecule has 0 spiro atoms. The molecule has 0 saturated carbocycles. The lowest BCUT2D eigenvalue weighted by Gasteiger charge is -2.31. The maximum atomic E-state index is 13.2. The smallest absolute Gasteiger partial charge is 0.286 e. The van der Waals surface area contributed by atoms with Crippen molar-refractivity contribution in [1.29, 1.82) is 0 Å². The van der Waals surface area contributed by atoms with Gasteiger partial charge < -0.3 is 5.32 Å². The molecule has 1 aromatic heterocycles. The molecular weight excluding hydrogens is 475 g/mol. The number of rotatable bonds is 5. The standard InChI is InChI=1S/C21H20ClFN4O3S2/c1-13-17(22)5-2-6-18(13)32(29,30)27-11-3-4-14(12-27)20-25-26-21(31-20)19(28)24-16-9-7-15(23)8-10-16/h2,5-10,14H,3-4,11-12H2,1H3,(H,24,28)/t14-/m0/s1. The first-order valence-electron chi connectivity index (χ1n) is 9.91. The quantitative estimate of drug-likeness (QED) is 0.565. The van der Waals surface area contributed by atoms with Gasteiger partial charge in [-0.1, -0.05) is 29.0 Å². The molecule has 0 radical (unpaired) electrons. The minimum absolute atomic E-state index is 0.162. The zero-order valence-electron chi connectivity index (χ0n) is 17.1. The Morgan fingerprint density at radius 1 is 1.22 bits per heavy atom. The van der Waals surface area contributed by atoms with Crippen LogP contribution in [0.4, 0.5) is 10.1 Å². The van der Waals surface area contributed by atoms with Gasteiger partial charge >= 0.3 is 0 Å². The van der Waals surface area contributed by atoms with Crippen molar-refractivity contribution in [2.75, 3.05) is 18.4 Å². The molecule has 1 fully saturated rings. The maximum Gasteiger partial charge on any atom is 0.286 e. The molecule has 1 aliphatic heterocycles. The van der Waals surface area contributed by atoms with Crippen LogP contribution in [0, 0.1) is 12.7 Å². The fourth-order valence-electron chi connectivity index (χ4n) is 3.58. The predicted molar refractivity (Wildman–Crippen MR) is 121 cm³/mol. The van der Waals surface area contributed by atoms with Gasteiger partial charge in [-0.3, -0.25) is 4.79 Å². The van der Waals surface area contributed by atoms with Crippen molar-refractivity contribution in [3.8, 4) is 0 Å². The summed E-state index contributed by atoms with van der Waals surface area (Å²) in [4.78, 5) is 12.7. The van der Waals surface area contributed by atoms with E-state index in [4.69, 9.17) is 11.6 Å². The van der Waals surface area contributed by atoms with Gasteiger partial charge in [-0.25, -0.2) is 12.8 Å². The number of carbonyl (C=O) groups is 1. The Morgan fingerprint density at radius 2 is 1.97 bits per heavy atom. The molecule has 32 heavy (non-hydrogen) atoms. The summed E-state index contributed by atoms with van der Waals surface area (Å²) in [5.74, 6) is -1.01. The molecule has 168 valence electrons. The highest BCUT2D eigenvalue weighted by Crippen LogP contribution is 2.33. The number of hydrogen-bond donors (Lipinski definition) is 1. The number of anilines is 1. The van der Waals surface area contributed by atoms with Crippen LogP contribution in [-0.2, 0) is 10.0 Å². The second-order valence-corrected chi connectivity index (χ2v) is 10.8. The van der Waals surface area contributed by atoms with Gasteiger partial charge in [-0.15, -0.1) is 10.2 Å². The van der Waals surface area contributed by atoms with Gasteiger partial charge in [-0.2, -0.15) is 4.31 Å². The lowest BCUT2D eigenvalue weighted by atomic mass is 10.0. The van der Waals surface area contributed by atoms with E-state index in [1.807, 2.05) is 0 Å². The molecular formula is C21H20ClFN4O3S2. The summed E-state index contributed by atoms with van der Waals surface area (Å²) in [6.45, 7) is 2.34. The van der Waals surface area contributed by atoms with Crippen LogP contribution in [0.25, 0.3) is 0 Å². The molecule has 4 rings (SSSR count). The fraction of sp³-hybridized carbons (Fsp3) is 0.286. The average molecular weight is 495 g/mol. The third-order valence-electron chi connectivity index (χ3n) is 5.31. The largest absolute Gasteiger partial charge is 0.320 e. The van der Waals surface area contributed by atoms with Crippen molar-refractivity contribution in [2.24, 2.45) is 0 Å². The van der Waals surface area contributed by atoms with Crippen LogP contribution in [0.5, 0.6) is 0 Å². The summed E-state index contributed by atoms with van der Waals surface area (Å²) in [6.07, 6.45) is 1.41. The molecule has 7 nitrogen and oxygen atoms in total. The molecule has 11 heteroatoms. The summed E-state index contributed by atoms with van der Waals surface area (Å²) >= 11 is 7.26. The van der Waals surface area contributed by atoms with Gasteiger partial charge in [0.2, 0.25) is 15.0 Å². The van der Waals surface area contributed by atoms with Gasteiger partial charge in [0.15, 0.2) is 0 Å². The van der Waals surface area contributed by atoms with Crippen molar-refractivity contribution >= 4 is 44.6 Å². The first-order chi connectivity index (χ1) is 15.3. The second-order valence-electron chi connectivity index (χ2n) is 7.47. The number of amides is 1. The monoisotopic (exact) mass is 494 g/mol. The van der Waals surface area contributed by atoms with Crippen LogP contribution in [-0.4, -0.2) is 41.9 Å². The van der Waals surface area contributed by atoms with E-state index in [2.05, 4.69) is 15.5 Å². The Bertz CT molecular complexity index is 1250. The van der Waals surface area contributed by atoms with Crippen molar-refractivity contribution in [3.63, 3.8) is 0 Å². The second kappa shape index (κ2) is 9.22. The number of hydrogen-bond acceptors (Lipinski definition) is 6. The zero-order valence-corrected chi connectivity index (χ0v) is 19.5. The number of halogens is 2. The number of carbonyl (C=O) groups excluding carboxylic acids is 1. The molecule has 2 aromatic carbocycles. The molecule has 1 saturated heterocycles. The third kappa shape index (κ3) is 4.68. The molecule has 0 bridgehead atoms. The number of piperidine rings is 1. The van der Waals surface area contributed by atoms with Crippen molar-refractivity contribution in [1.82, 2.24) is 14.5 Å². The zero-order chi connectivity index (χ0) is 22.9. The molecule has 1 amide bonds. The molecule has 1 aliphatic rings. The summed E-state index contributed by atoms with van der Waals surface area (Å²) < 4.78 is 40.9. The van der Waals surface area contributed by atoms with E-state index in [0.29, 0.717) is 34.2 Å². The Labute approximate surface area is 194 Å². The van der Waals surface area contributed by atoms with E-state index in [-0.39, 0.29) is 22.4 Å². The number of sulfonamides is 1. The fourth-order valence-corrected chi connectivity index (χ4v) is 6.44. The van der Waals surface area contributed by atoms with Crippen molar-refractivity contribution < 1.29 is 17.6 Å². The Balaban J connectivity index is 1.49. The van der Waals surface area contributed by atoms with Crippen LogP contribution < -0.4 is 5.32 Å². The Hall–Kier alpha value is -2.40. The van der Waals surface area contributed by atoms with Gasteiger partial charge in [-0.05, 0) is 61.7 Å². The molecule has 0 aliphatic carbocycles. The minimum Gasteiger partial charge on any atom is -0.320 e. The van der Waals surface area contributed by atoms with Gasteiger partial charge in [0.25, 0.3) is 5.91 Å². The first kappa shape index (κ1) is 22.8. The molecule has 0 unspecified atom stereocenters. The lowest BCUT2D eigenvalue weighted by molar-refractivity contribution is 0.102. The highest BCUT2D eigenvalue weighted by Gasteiger charge is 2.33. The van der Waals surface area contributed by atoms with Gasteiger partial charge in [0.05, 0.1) is 4.90 Å². The van der Waals surface area contributed by atoms with Crippen LogP contribution in [0.2, 0.25) is 5.02 Å². The van der Waals surface area contributed by atoms with Gasteiger partial charge in [0, 0.05) is 29.7 Å². The van der Waals surface area contributed by atoms with E-state index < -0.39 is 21.7 Å². The Morgan fingerprint density at radius 3 is 2.72 bits per heavy atom. The average Bonchev–Trinajstić information content (AvgIpc) is 3.28. The summed E-state index contributed by atoms with van der Waals surface area (Å²) in [5.41, 5.74) is 0.965. The predicted octanol–water partition coefficient (Wildman–Crippen LogP) is 4.46. The molecule has 1 atom stereocenters. The summed E-state index contributed by atoms with van der Waals surface area (Å²) in [7, 11) is -3.71. The van der Waals surface area contributed by atoms with Crippen LogP contribution in [0.15, 0.2) is 47.4 Å². The Kier molecular flexibility index (Phi) is 6.57. The van der Waals surface area contributed by atoms with Crippen molar-refractivity contribution in [3.05, 3.63) is 68.9 Å². The number of benzene rings is 2. The number of aromatic nitrogens is 2. The topological polar surface area (TPSA) is 92.3 Å². The lowest BCUT2D eigenvalue weighted by Crippen LogP contribution is -2.39. The third-order valence-corrected chi connectivity index (χ3v) is 8.81. The van der Waals surface area contributed by atoms with Crippen LogP contribution >= 0.6 is 22.9 Å². The van der Waals surface area contributed by atoms with Gasteiger partial charge in [0.1, 0.15) is 10.8 Å². The van der Waals surface area contributed by atoms with E-state index in [1.165, 1.54) is 28.6 Å². The van der Waals surface area contributed by atoms with Crippen LogP contribution in [0.3, 0.4) is 0 Å². The normalized spacial score (nSPS) is 17.3. The summed E-state index contributed by atoms with van der Waals surface area (Å²) in [6, 6.07) is 10.3. The first-order valence-corrected chi connectivity index (χ1v) is 12.5. The van der Waals surface area contributed by atoms with E-state index in [9.17, 15) is 17.6 Å². The summed E-state index contributed by atoms with van der Waals surface area (Å²) in [5, 5.41) is 11.9. The van der Waals surface area contributed by atoms with Crippen LogP contribution in [0.1, 0.15) is 39.1 Å². The van der Waals surface area contributed by atoms with E-state index in [1.54, 1.807) is 25.1 Å². The van der Waals surface area contributed by atoms with E-state index in [0.717, 1.165) is 17.8 Å². The number of nitrogens with zero attached hydrogens (tertiary/aromatic N) is 3. The molecule has 3 aromatic rings. The molecule has 1 N–H and O–H groups in total. The highest BCUT2D eigenvalue weighted by molar-refractivity contribution is 7.89. The highest BCUT2D eigenvalue weighted by atomic mass is 35.5. The molecule has 2 heterocycles.